The zero-order valence-electron chi connectivity index (χ0n) is 48.0. The van der Waals surface area contributed by atoms with E-state index in [-0.39, 0.29) is 114 Å². The van der Waals surface area contributed by atoms with Gasteiger partial charge in [-0.25, -0.2) is 0 Å². The molecule has 2 heteroatoms. The Bertz CT molecular complexity index is 3970. The third-order valence-electron chi connectivity index (χ3n) is 9.15. The summed E-state index contributed by atoms with van der Waals surface area (Å²) in [6.45, 7) is 1.55. The molecule has 236 valence electrons. The van der Waals surface area contributed by atoms with Crippen LogP contribution in [-0.2, 0) is 5.41 Å². The zero-order chi connectivity index (χ0) is 52.4. The van der Waals surface area contributed by atoms with Crippen LogP contribution in [0, 0.1) is 0 Å². The minimum absolute atomic E-state index is 0.0456. The van der Waals surface area contributed by atoms with Crippen molar-refractivity contribution in [2.75, 3.05) is 4.90 Å². The van der Waals surface area contributed by atoms with Gasteiger partial charge in [0, 0.05) is 27.3 Å². The van der Waals surface area contributed by atoms with Gasteiger partial charge in [-0.15, -0.1) is 0 Å². The van der Waals surface area contributed by atoms with E-state index < -0.39 is 113 Å². The topological polar surface area (TPSA) is 16.4 Å². The van der Waals surface area contributed by atoms with Crippen LogP contribution in [0.25, 0.3) is 55.0 Å². The molecule has 0 radical (unpaired) electrons. The largest absolute Gasteiger partial charge is 0.454 e. The van der Waals surface area contributed by atoms with Gasteiger partial charge in [0.15, 0.2) is 5.58 Å². The predicted octanol–water partition coefficient (Wildman–Crippen LogP) is 13.2. The first-order valence-corrected chi connectivity index (χ1v) is 15.4. The standard InChI is InChI=1S/C48H33NO/c1-48(40-22-9-7-19-37(40)38-20-8-10-23-41(38)48)42-24-13-27-45-46(42)39-21-12-26-44(47(39)50-45)49(43-25-11-17-34-16-5-6-18-36(34)43)35-30-28-33(29-31-35)32-14-3-2-4-15-32/h2-31H,1H3/i2D,3D,4D,5D,6D,7D,8D,9D,11D,12D,13D,14D,15D,17D,20D,21D,23D,24D,25D,27D,28D,31D. The molecule has 1 atom stereocenters. The summed E-state index contributed by atoms with van der Waals surface area (Å²) in [6.07, 6.45) is 0. The van der Waals surface area contributed by atoms with E-state index in [0.29, 0.717) is 0 Å². The van der Waals surface area contributed by atoms with Gasteiger partial charge in [-0.3, -0.25) is 0 Å². The summed E-state index contributed by atoms with van der Waals surface area (Å²) in [5, 5.41) is -0.693. The number of rotatable bonds is 5. The molecule has 0 saturated heterocycles. The van der Waals surface area contributed by atoms with Crippen LogP contribution in [0.4, 0.5) is 17.1 Å². The fourth-order valence-corrected chi connectivity index (χ4v) is 6.89. The summed E-state index contributed by atoms with van der Waals surface area (Å²) < 4.78 is 203. The van der Waals surface area contributed by atoms with E-state index in [1.165, 1.54) is 12.1 Å². The van der Waals surface area contributed by atoms with Crippen LogP contribution < -0.4 is 4.90 Å². The molecule has 0 N–H and O–H groups in total. The number of nitrogens with zero attached hydrogens (tertiary/aromatic N) is 1. The summed E-state index contributed by atoms with van der Waals surface area (Å²) in [7, 11) is 0. The van der Waals surface area contributed by atoms with Crippen LogP contribution in [0.15, 0.2) is 186 Å². The van der Waals surface area contributed by atoms with E-state index in [4.69, 9.17) is 23.6 Å². The number of benzene rings is 8. The smallest absolute Gasteiger partial charge is 0.159 e. The molecule has 9 aromatic rings. The maximum atomic E-state index is 9.61. The molecule has 8 aromatic carbocycles. The number of furan rings is 1. The number of anilines is 3. The molecule has 0 bridgehead atoms. The fourth-order valence-electron chi connectivity index (χ4n) is 6.89. The van der Waals surface area contributed by atoms with Crippen LogP contribution in [0.1, 0.15) is 53.8 Å². The highest BCUT2D eigenvalue weighted by Gasteiger charge is 2.42. The molecular formula is C48H33NO. The summed E-state index contributed by atoms with van der Waals surface area (Å²) >= 11 is 0. The van der Waals surface area contributed by atoms with Crippen molar-refractivity contribution in [3.63, 3.8) is 0 Å². The Morgan fingerprint density at radius 1 is 0.520 bits per heavy atom. The Kier molecular flexibility index (Phi) is 3.15. The van der Waals surface area contributed by atoms with Gasteiger partial charge in [-0.2, -0.15) is 0 Å². The first-order valence-electron chi connectivity index (χ1n) is 26.4. The highest BCUT2D eigenvalue weighted by molar-refractivity contribution is 6.13. The Morgan fingerprint density at radius 3 is 2.32 bits per heavy atom. The second-order valence-electron chi connectivity index (χ2n) is 11.7. The molecule has 0 amide bonds. The highest BCUT2D eigenvalue weighted by Crippen LogP contribution is 2.55. The SMILES string of the molecule is [2H]c1cc2c(cc1[2H])C(C)(c1c([2H])c([2H])c([2H])c3oc4c(N(c5cc([2H])c(-c6c([2H])c([2H])c([2H])c([2H])c6[2H])cc5[2H])c5c([2H])c([2H])c([2H])c6cc([2H])c([2H])cc56)cc([2H])c([2H])c4c13)c1c([2H])cc([2H])c([2H])c1-2. The van der Waals surface area contributed by atoms with Gasteiger partial charge in [0.25, 0.3) is 0 Å². The van der Waals surface area contributed by atoms with Crippen molar-refractivity contribution in [2.45, 2.75) is 12.3 Å². The minimum Gasteiger partial charge on any atom is -0.454 e. The van der Waals surface area contributed by atoms with E-state index in [2.05, 4.69) is 0 Å². The first kappa shape index (κ1) is 14.2. The van der Waals surface area contributed by atoms with E-state index >= 15 is 0 Å². The van der Waals surface area contributed by atoms with Crippen molar-refractivity contribution in [1.82, 2.24) is 0 Å². The second-order valence-corrected chi connectivity index (χ2v) is 11.7. The average Bonchev–Trinajstić information content (AvgIpc) is 3.84. The van der Waals surface area contributed by atoms with E-state index in [0.717, 1.165) is 41.3 Å². The van der Waals surface area contributed by atoms with Crippen LogP contribution in [-0.4, -0.2) is 0 Å². The number of fused-ring (bicyclic) bond motifs is 7. The summed E-state index contributed by atoms with van der Waals surface area (Å²) in [5.74, 6) is 0. The average molecular weight is 662 g/mol. The first-order chi connectivity index (χ1) is 33.7. The molecule has 1 aromatic heterocycles. The Hall–Kier alpha value is -6.38. The molecule has 2 nitrogen and oxygen atoms in total. The number of hydrogen-bond donors (Lipinski definition) is 0. The van der Waals surface area contributed by atoms with Crippen molar-refractivity contribution >= 4 is 49.8 Å². The van der Waals surface area contributed by atoms with Gasteiger partial charge in [0.05, 0.1) is 41.5 Å². The van der Waals surface area contributed by atoms with E-state index in [9.17, 15) is 11.0 Å². The van der Waals surface area contributed by atoms with Crippen molar-refractivity contribution in [3.8, 4) is 22.3 Å². The second kappa shape index (κ2) is 11.1. The van der Waals surface area contributed by atoms with Crippen molar-refractivity contribution in [2.24, 2.45) is 0 Å². The van der Waals surface area contributed by atoms with Gasteiger partial charge in [-0.1, -0.05) is 151 Å². The van der Waals surface area contributed by atoms with Crippen LogP contribution in [0.2, 0.25) is 0 Å². The molecule has 0 aliphatic heterocycles. The fraction of sp³-hybridized carbons (Fsp3) is 0.0417. The lowest BCUT2D eigenvalue weighted by Gasteiger charge is -2.29. The van der Waals surface area contributed by atoms with Gasteiger partial charge in [-0.05, 0) is 81.5 Å². The van der Waals surface area contributed by atoms with Crippen LogP contribution in [0.3, 0.4) is 0 Å². The van der Waals surface area contributed by atoms with Gasteiger partial charge in [0.1, 0.15) is 5.58 Å². The quantitative estimate of drug-likeness (QED) is 0.182. The molecule has 10 rings (SSSR count). The summed E-state index contributed by atoms with van der Waals surface area (Å²) in [6, 6.07) is -2.61. The lowest BCUT2D eigenvalue weighted by atomic mass is 9.73. The normalized spacial score (nSPS) is 21.1. The molecule has 50 heavy (non-hydrogen) atoms. The predicted molar refractivity (Wildman–Crippen MR) is 209 cm³/mol. The lowest BCUT2D eigenvalue weighted by molar-refractivity contribution is 0.666. The van der Waals surface area contributed by atoms with Crippen molar-refractivity contribution in [3.05, 3.63) is 198 Å². The van der Waals surface area contributed by atoms with Gasteiger partial charge >= 0.3 is 0 Å². The van der Waals surface area contributed by atoms with Crippen molar-refractivity contribution < 1.29 is 34.6 Å². The zero-order valence-corrected chi connectivity index (χ0v) is 26.0. The molecule has 1 heterocycles. The van der Waals surface area contributed by atoms with Crippen LogP contribution in [0.5, 0.6) is 0 Å². The Morgan fingerprint density at radius 2 is 1.38 bits per heavy atom. The third-order valence-corrected chi connectivity index (χ3v) is 9.15. The molecule has 1 aliphatic rings. The Balaban J connectivity index is 1.39. The third kappa shape index (κ3) is 4.15. The maximum Gasteiger partial charge on any atom is 0.159 e. The van der Waals surface area contributed by atoms with Gasteiger partial charge < -0.3 is 9.32 Å². The van der Waals surface area contributed by atoms with E-state index in [1.807, 2.05) is 0 Å². The molecule has 0 fully saturated rings. The monoisotopic (exact) mass is 661 g/mol. The number of hydrogen-bond acceptors (Lipinski definition) is 2. The summed E-state index contributed by atoms with van der Waals surface area (Å²) in [5.41, 5.74) is -4.05. The molecule has 1 unspecified atom stereocenters. The van der Waals surface area contributed by atoms with Crippen LogP contribution >= 0.6 is 0 Å². The lowest BCUT2D eigenvalue weighted by Crippen LogP contribution is -2.22. The number of para-hydroxylation sites is 1. The molecular weight excluding hydrogens is 607 g/mol. The minimum atomic E-state index is -1.82. The maximum absolute atomic E-state index is 9.61. The van der Waals surface area contributed by atoms with Gasteiger partial charge in [0.2, 0.25) is 0 Å². The summed E-state index contributed by atoms with van der Waals surface area (Å²) in [4.78, 5) is 1.10. The molecule has 1 aliphatic carbocycles. The van der Waals surface area contributed by atoms with Crippen molar-refractivity contribution in [1.29, 1.82) is 0 Å². The van der Waals surface area contributed by atoms with E-state index in [1.54, 1.807) is 6.92 Å². The highest BCUT2D eigenvalue weighted by atomic mass is 16.3. The Labute approximate surface area is 322 Å². The molecule has 0 saturated carbocycles. The molecule has 0 spiro atoms.